The van der Waals surface area contributed by atoms with Crippen LogP contribution in [0.4, 0.5) is 4.39 Å². The maximum atomic E-state index is 13.0. The Hall–Kier alpha value is -5.31. The first-order valence-electron chi connectivity index (χ1n) is 16.8. The smallest absolute Gasteiger partial charge is 0.305 e. The molecular formula is C42H37FN2O4S. The average Bonchev–Trinajstić information content (AvgIpc) is 3.45. The number of aliphatic carboxylic acids is 1. The first-order valence-corrected chi connectivity index (χ1v) is 18.4. The molecule has 0 spiro atoms. The Balaban J connectivity index is 0.000000184. The minimum Gasteiger partial charge on any atom is -0.481 e. The van der Waals surface area contributed by atoms with Gasteiger partial charge in [-0.25, -0.2) is 17.5 Å². The number of hydrogen-bond donors (Lipinski definition) is 2. The Morgan fingerprint density at radius 1 is 0.780 bits per heavy atom. The van der Waals surface area contributed by atoms with Gasteiger partial charge < -0.3 is 9.67 Å². The van der Waals surface area contributed by atoms with Crippen molar-refractivity contribution in [2.45, 2.75) is 38.3 Å². The van der Waals surface area contributed by atoms with Gasteiger partial charge in [-0.05, 0) is 81.8 Å². The minimum absolute atomic E-state index is 0.103. The number of nitrogens with one attached hydrogen (secondary N) is 1. The zero-order valence-electron chi connectivity index (χ0n) is 27.4. The fraction of sp³-hybridized carbons (Fsp3) is 0.167. The maximum absolute atomic E-state index is 13.0. The van der Waals surface area contributed by atoms with Crippen LogP contribution in [0.25, 0.3) is 49.4 Å². The van der Waals surface area contributed by atoms with Gasteiger partial charge in [0.2, 0.25) is 10.0 Å². The maximum Gasteiger partial charge on any atom is 0.305 e. The molecule has 50 heavy (non-hydrogen) atoms. The number of halogens is 1. The molecule has 0 saturated carbocycles. The Kier molecular flexibility index (Phi) is 9.48. The van der Waals surface area contributed by atoms with Crippen molar-refractivity contribution in [2.24, 2.45) is 0 Å². The second-order valence-corrected chi connectivity index (χ2v) is 14.5. The quantitative estimate of drug-likeness (QED) is 0.157. The highest BCUT2D eigenvalue weighted by Gasteiger charge is 2.24. The summed E-state index contributed by atoms with van der Waals surface area (Å²) in [5.74, 6) is -1.18. The third-order valence-electron chi connectivity index (χ3n) is 9.42. The molecule has 2 N–H and O–H groups in total. The molecule has 6 aromatic carbocycles. The van der Waals surface area contributed by atoms with E-state index < -0.39 is 16.0 Å². The van der Waals surface area contributed by atoms with Gasteiger partial charge in [0.05, 0.1) is 12.2 Å². The van der Waals surface area contributed by atoms with E-state index in [0.29, 0.717) is 13.0 Å². The van der Waals surface area contributed by atoms with Gasteiger partial charge in [0.15, 0.2) is 0 Å². The number of carboxylic acid groups (broad SMARTS) is 1. The lowest BCUT2D eigenvalue weighted by atomic mass is 9.84. The van der Waals surface area contributed by atoms with Gasteiger partial charge in [-0.2, -0.15) is 0 Å². The fourth-order valence-corrected chi connectivity index (χ4v) is 8.24. The average molecular weight is 685 g/mol. The highest BCUT2D eigenvalue weighted by molar-refractivity contribution is 7.89. The van der Waals surface area contributed by atoms with Crippen molar-refractivity contribution in [1.82, 2.24) is 9.29 Å². The van der Waals surface area contributed by atoms with Crippen LogP contribution in [0.1, 0.15) is 29.5 Å². The lowest BCUT2D eigenvalue weighted by Gasteiger charge is -2.26. The van der Waals surface area contributed by atoms with Crippen molar-refractivity contribution in [2.75, 3.05) is 5.75 Å². The lowest BCUT2D eigenvalue weighted by Crippen LogP contribution is -2.39. The second kappa shape index (κ2) is 14.3. The number of para-hydroxylation sites is 2. The summed E-state index contributed by atoms with van der Waals surface area (Å²) in [5, 5.41) is 16.1. The van der Waals surface area contributed by atoms with E-state index >= 15 is 0 Å². The Morgan fingerprint density at radius 2 is 1.42 bits per heavy atom. The van der Waals surface area contributed by atoms with Gasteiger partial charge in [-0.15, -0.1) is 0 Å². The molecule has 252 valence electrons. The van der Waals surface area contributed by atoms with Crippen molar-refractivity contribution >= 4 is 65.4 Å². The highest BCUT2D eigenvalue weighted by Crippen LogP contribution is 2.34. The highest BCUT2D eigenvalue weighted by atomic mass is 32.2. The fourth-order valence-electron chi connectivity index (χ4n) is 7.09. The molecule has 1 aliphatic carbocycles. The van der Waals surface area contributed by atoms with E-state index in [1.165, 1.54) is 55.6 Å². The number of rotatable bonds is 8. The summed E-state index contributed by atoms with van der Waals surface area (Å²) in [6.07, 6.45) is 5.78. The molecule has 1 heterocycles. The molecule has 8 heteroatoms. The van der Waals surface area contributed by atoms with E-state index in [1.807, 2.05) is 42.5 Å². The van der Waals surface area contributed by atoms with Gasteiger partial charge in [-0.1, -0.05) is 109 Å². The standard InChI is InChI=1S/C27H24FNO2S.C15H13NO2/c28-22-12-7-19(8-13-22)4-3-17-32(30,31)29-23-14-9-21-11-15-25-24-6-2-1-5-20(24)10-16-26(25)27(21)18-23;17-15(18)9-10-16-13-7-3-1-5-11(13)12-6-2-4-8-14(12)16/h1-8,10-13,15-16,23,29H,9,14,17-18H2;1-8H,9-10H2,(H,17,18)/t23-;/m1./s1. The molecule has 0 saturated heterocycles. The van der Waals surface area contributed by atoms with Crippen LogP contribution in [0.5, 0.6) is 0 Å². The van der Waals surface area contributed by atoms with Crippen LogP contribution >= 0.6 is 0 Å². The van der Waals surface area contributed by atoms with Crippen molar-refractivity contribution in [3.05, 3.63) is 150 Å². The van der Waals surface area contributed by atoms with Crippen LogP contribution in [0.3, 0.4) is 0 Å². The molecule has 0 amide bonds. The molecule has 8 rings (SSSR count). The van der Waals surface area contributed by atoms with Crippen LogP contribution in [0.2, 0.25) is 0 Å². The van der Waals surface area contributed by atoms with Crippen LogP contribution in [0, 0.1) is 5.82 Å². The van der Waals surface area contributed by atoms with E-state index in [0.717, 1.165) is 29.4 Å². The second-order valence-electron chi connectivity index (χ2n) is 12.7. The third-order valence-corrected chi connectivity index (χ3v) is 10.7. The Labute approximate surface area is 290 Å². The number of benzene rings is 6. The SMILES string of the molecule is O=C(O)CCn1c2ccccc2c2ccccc21.O=S(=O)(CC=Cc1ccc(F)cc1)N[C@@H]1CCc2ccc3c(ccc4ccccc43)c2C1. The predicted octanol–water partition coefficient (Wildman–Crippen LogP) is 8.89. The minimum atomic E-state index is -3.46. The first-order chi connectivity index (χ1) is 24.3. The van der Waals surface area contributed by atoms with Crippen molar-refractivity contribution < 1.29 is 22.7 Å². The van der Waals surface area contributed by atoms with E-state index in [-0.39, 0.29) is 24.0 Å². The molecule has 0 bridgehead atoms. The molecule has 7 aromatic rings. The monoisotopic (exact) mass is 684 g/mol. The molecule has 6 nitrogen and oxygen atoms in total. The lowest BCUT2D eigenvalue weighted by molar-refractivity contribution is -0.137. The molecule has 1 aromatic heterocycles. The number of aryl methyl sites for hydroxylation is 2. The van der Waals surface area contributed by atoms with E-state index in [4.69, 9.17) is 5.11 Å². The molecule has 0 radical (unpaired) electrons. The molecule has 1 atom stereocenters. The summed E-state index contributed by atoms with van der Waals surface area (Å²) < 4.78 is 43.3. The summed E-state index contributed by atoms with van der Waals surface area (Å²) >= 11 is 0. The molecular weight excluding hydrogens is 648 g/mol. The molecule has 0 unspecified atom stereocenters. The number of carbonyl (C=O) groups is 1. The Morgan fingerprint density at radius 3 is 2.12 bits per heavy atom. The first kappa shape index (κ1) is 33.2. The van der Waals surface area contributed by atoms with Gasteiger partial charge in [0.1, 0.15) is 5.82 Å². The Bertz CT molecular complexity index is 2430. The van der Waals surface area contributed by atoms with Crippen LogP contribution in [-0.2, 0) is 34.2 Å². The van der Waals surface area contributed by atoms with Gasteiger partial charge >= 0.3 is 5.97 Å². The van der Waals surface area contributed by atoms with E-state index in [2.05, 4.69) is 63.9 Å². The number of aromatic nitrogens is 1. The van der Waals surface area contributed by atoms with Crippen LogP contribution in [-0.4, -0.2) is 35.9 Å². The topological polar surface area (TPSA) is 88.4 Å². The number of sulfonamides is 1. The summed E-state index contributed by atoms with van der Waals surface area (Å²) in [4.78, 5) is 10.8. The van der Waals surface area contributed by atoms with Crippen molar-refractivity contribution in [3.63, 3.8) is 0 Å². The van der Waals surface area contributed by atoms with E-state index in [9.17, 15) is 17.6 Å². The number of carboxylic acids is 1. The summed E-state index contributed by atoms with van der Waals surface area (Å²) in [6.45, 7) is 0.503. The molecule has 0 aliphatic heterocycles. The largest absolute Gasteiger partial charge is 0.481 e. The zero-order valence-corrected chi connectivity index (χ0v) is 28.2. The summed E-state index contributed by atoms with van der Waals surface area (Å²) in [7, 11) is -3.46. The van der Waals surface area contributed by atoms with Crippen molar-refractivity contribution in [1.29, 1.82) is 0 Å². The van der Waals surface area contributed by atoms with Crippen LogP contribution < -0.4 is 4.72 Å². The molecule has 1 aliphatic rings. The molecule has 0 fully saturated rings. The van der Waals surface area contributed by atoms with Crippen LogP contribution in [0.15, 0.2) is 127 Å². The predicted molar refractivity (Wildman–Crippen MR) is 201 cm³/mol. The normalized spacial score (nSPS) is 14.6. The zero-order chi connectivity index (χ0) is 34.7. The van der Waals surface area contributed by atoms with Crippen molar-refractivity contribution in [3.8, 4) is 0 Å². The summed E-state index contributed by atoms with van der Waals surface area (Å²) in [6, 6.07) is 39.1. The van der Waals surface area contributed by atoms with E-state index in [1.54, 1.807) is 24.3 Å². The summed E-state index contributed by atoms with van der Waals surface area (Å²) in [5.41, 5.74) is 5.51. The number of fused-ring (bicyclic) bond motifs is 8. The van der Waals surface area contributed by atoms with Gasteiger partial charge in [-0.3, -0.25) is 4.79 Å². The third kappa shape index (κ3) is 7.18. The number of nitrogens with zero attached hydrogens (tertiary/aromatic N) is 1. The van der Waals surface area contributed by atoms with Gasteiger partial charge in [0, 0.05) is 34.4 Å². The number of hydrogen-bond acceptors (Lipinski definition) is 3. The van der Waals surface area contributed by atoms with Gasteiger partial charge in [0.25, 0.3) is 0 Å².